The molecule has 0 bridgehead atoms. The molecule has 0 spiro atoms. The topological polar surface area (TPSA) is 77.1 Å². The van der Waals surface area contributed by atoms with Gasteiger partial charge < -0.3 is 9.09 Å². The Morgan fingerprint density at radius 3 is 2.72 bits per heavy atom. The molecule has 18 heavy (non-hydrogen) atoms. The van der Waals surface area contributed by atoms with Gasteiger partial charge in [0.05, 0.1) is 5.69 Å². The summed E-state index contributed by atoms with van der Waals surface area (Å²) in [5.41, 5.74) is 1.53. The second-order valence-electron chi connectivity index (χ2n) is 4.04. The van der Waals surface area contributed by atoms with Crippen LogP contribution in [0.3, 0.4) is 0 Å². The monoisotopic (exact) mass is 247 g/mol. The van der Waals surface area contributed by atoms with E-state index in [2.05, 4.69) is 10.5 Å². The van der Waals surface area contributed by atoms with Crippen LogP contribution in [0.2, 0.25) is 0 Å². The van der Waals surface area contributed by atoms with Crippen molar-refractivity contribution in [3.63, 3.8) is 0 Å². The molecule has 0 radical (unpaired) electrons. The molecule has 1 N–H and O–H groups in total. The van der Waals surface area contributed by atoms with Gasteiger partial charge in [0.2, 0.25) is 5.88 Å². The third-order valence-corrected chi connectivity index (χ3v) is 2.75. The molecule has 6 heteroatoms. The van der Waals surface area contributed by atoms with Crippen molar-refractivity contribution in [2.24, 2.45) is 7.05 Å². The number of anilines is 1. The molecule has 0 aliphatic carbocycles. The lowest BCUT2D eigenvalue weighted by Crippen LogP contribution is -2.20. The number of nitrogens with one attached hydrogen (secondary N) is 1. The molecule has 0 aromatic carbocycles. The average Bonchev–Trinajstić information content (AvgIpc) is 2.64. The second-order valence-corrected chi connectivity index (χ2v) is 4.04. The van der Waals surface area contributed by atoms with E-state index in [0.29, 0.717) is 11.6 Å². The first-order valence-corrected chi connectivity index (χ1v) is 5.40. The SMILES string of the molecule is Cc1noc(NC(=O)c2ccn(C)c(=O)c2)c1C. The molecule has 94 valence electrons. The highest BCUT2D eigenvalue weighted by molar-refractivity contribution is 6.03. The van der Waals surface area contributed by atoms with Crippen LogP contribution in [-0.4, -0.2) is 15.6 Å². The van der Waals surface area contributed by atoms with E-state index in [1.807, 2.05) is 0 Å². The highest BCUT2D eigenvalue weighted by Crippen LogP contribution is 2.17. The van der Waals surface area contributed by atoms with Gasteiger partial charge in [0.1, 0.15) is 0 Å². The van der Waals surface area contributed by atoms with Crippen molar-refractivity contribution < 1.29 is 9.32 Å². The number of aromatic nitrogens is 2. The van der Waals surface area contributed by atoms with E-state index in [9.17, 15) is 9.59 Å². The van der Waals surface area contributed by atoms with E-state index in [1.54, 1.807) is 27.0 Å². The Labute approximate surface area is 103 Å². The van der Waals surface area contributed by atoms with Gasteiger partial charge in [-0.25, -0.2) is 0 Å². The predicted octanol–water partition coefficient (Wildman–Crippen LogP) is 1.24. The maximum Gasteiger partial charge on any atom is 0.258 e. The molecule has 0 fully saturated rings. The summed E-state index contributed by atoms with van der Waals surface area (Å²) in [4.78, 5) is 23.3. The van der Waals surface area contributed by atoms with E-state index < -0.39 is 5.91 Å². The van der Waals surface area contributed by atoms with E-state index in [4.69, 9.17) is 4.52 Å². The molecule has 0 unspecified atom stereocenters. The molecule has 2 aromatic heterocycles. The lowest BCUT2D eigenvalue weighted by atomic mass is 10.2. The Hall–Kier alpha value is -2.37. The van der Waals surface area contributed by atoms with E-state index >= 15 is 0 Å². The van der Waals surface area contributed by atoms with Crippen molar-refractivity contribution in [3.05, 3.63) is 45.5 Å². The Kier molecular flexibility index (Phi) is 3.01. The summed E-state index contributed by atoms with van der Waals surface area (Å²) < 4.78 is 6.37. The molecule has 0 saturated carbocycles. The molecular formula is C12H13N3O3. The molecule has 0 aliphatic heterocycles. The van der Waals surface area contributed by atoms with Crippen molar-refractivity contribution >= 4 is 11.8 Å². The van der Waals surface area contributed by atoms with E-state index in [1.165, 1.54) is 16.8 Å². The number of hydrogen-bond acceptors (Lipinski definition) is 4. The number of hydrogen-bond donors (Lipinski definition) is 1. The number of amides is 1. The van der Waals surface area contributed by atoms with Crippen molar-refractivity contribution in [3.8, 4) is 0 Å². The van der Waals surface area contributed by atoms with Crippen molar-refractivity contribution in [2.45, 2.75) is 13.8 Å². The summed E-state index contributed by atoms with van der Waals surface area (Å²) in [5, 5.41) is 6.32. The van der Waals surface area contributed by atoms with Gasteiger partial charge >= 0.3 is 0 Å². The molecule has 6 nitrogen and oxygen atoms in total. The van der Waals surface area contributed by atoms with Crippen molar-refractivity contribution in [1.29, 1.82) is 0 Å². The average molecular weight is 247 g/mol. The number of carbonyl (C=O) groups excluding carboxylic acids is 1. The normalized spacial score (nSPS) is 10.4. The Morgan fingerprint density at radius 2 is 2.17 bits per heavy atom. The van der Waals surface area contributed by atoms with Crippen LogP contribution in [0.15, 0.2) is 27.6 Å². The molecule has 0 saturated heterocycles. The van der Waals surface area contributed by atoms with Gasteiger partial charge in [0, 0.05) is 30.4 Å². The summed E-state index contributed by atoms with van der Waals surface area (Å²) in [6.07, 6.45) is 1.54. The first kappa shape index (κ1) is 12.1. The van der Waals surface area contributed by atoms with Crippen LogP contribution in [0.4, 0.5) is 5.88 Å². The van der Waals surface area contributed by atoms with Crippen LogP contribution in [0.25, 0.3) is 0 Å². The minimum atomic E-state index is -0.396. The third-order valence-electron chi connectivity index (χ3n) is 2.75. The summed E-state index contributed by atoms with van der Waals surface area (Å²) in [6, 6.07) is 2.84. The van der Waals surface area contributed by atoms with Gasteiger partial charge in [0.25, 0.3) is 11.5 Å². The minimum Gasteiger partial charge on any atom is -0.338 e. The summed E-state index contributed by atoms with van der Waals surface area (Å²) >= 11 is 0. The molecule has 2 aromatic rings. The zero-order chi connectivity index (χ0) is 13.3. The van der Waals surface area contributed by atoms with Gasteiger partial charge in [-0.15, -0.1) is 0 Å². The van der Waals surface area contributed by atoms with Gasteiger partial charge in [-0.05, 0) is 19.9 Å². The van der Waals surface area contributed by atoms with Crippen molar-refractivity contribution in [1.82, 2.24) is 9.72 Å². The maximum atomic E-state index is 11.9. The fourth-order valence-corrected chi connectivity index (χ4v) is 1.40. The third kappa shape index (κ3) is 2.17. The molecule has 0 atom stereocenters. The van der Waals surface area contributed by atoms with E-state index in [0.717, 1.165) is 5.56 Å². The molecule has 0 aliphatic rings. The smallest absolute Gasteiger partial charge is 0.258 e. The standard InChI is InChI=1S/C12H13N3O3/c1-7-8(2)14-18-12(7)13-11(17)9-4-5-15(3)10(16)6-9/h4-6H,1-3H3,(H,13,17). The summed E-state index contributed by atoms with van der Waals surface area (Å²) in [7, 11) is 1.62. The van der Waals surface area contributed by atoms with Gasteiger partial charge in [-0.1, -0.05) is 5.16 Å². The number of carbonyl (C=O) groups is 1. The fourth-order valence-electron chi connectivity index (χ4n) is 1.40. The Balaban J connectivity index is 2.25. The number of pyridine rings is 1. The van der Waals surface area contributed by atoms with Crippen molar-refractivity contribution in [2.75, 3.05) is 5.32 Å². The highest BCUT2D eigenvalue weighted by atomic mass is 16.5. The lowest BCUT2D eigenvalue weighted by Gasteiger charge is -2.03. The summed E-state index contributed by atoms with van der Waals surface area (Å²) in [5.74, 6) is -0.0925. The number of aryl methyl sites for hydroxylation is 2. The first-order chi connectivity index (χ1) is 8.49. The van der Waals surface area contributed by atoms with Crippen LogP contribution in [-0.2, 0) is 7.05 Å². The number of rotatable bonds is 2. The highest BCUT2D eigenvalue weighted by Gasteiger charge is 2.13. The first-order valence-electron chi connectivity index (χ1n) is 5.40. The molecule has 1 amide bonds. The lowest BCUT2D eigenvalue weighted by molar-refractivity contribution is 0.102. The van der Waals surface area contributed by atoms with Crippen LogP contribution in [0.1, 0.15) is 21.6 Å². The quantitative estimate of drug-likeness (QED) is 0.866. The fraction of sp³-hybridized carbons (Fsp3) is 0.250. The Bertz CT molecular complexity index is 655. The van der Waals surface area contributed by atoms with Crippen LogP contribution in [0, 0.1) is 13.8 Å². The van der Waals surface area contributed by atoms with Gasteiger partial charge in [-0.3, -0.25) is 14.9 Å². The van der Waals surface area contributed by atoms with Gasteiger partial charge in [-0.2, -0.15) is 0 Å². The number of nitrogens with zero attached hydrogens (tertiary/aromatic N) is 2. The molecular weight excluding hydrogens is 234 g/mol. The second kappa shape index (κ2) is 4.48. The maximum absolute atomic E-state index is 11.9. The van der Waals surface area contributed by atoms with E-state index in [-0.39, 0.29) is 11.1 Å². The molecule has 2 rings (SSSR count). The van der Waals surface area contributed by atoms with Gasteiger partial charge in [0.15, 0.2) is 0 Å². The zero-order valence-electron chi connectivity index (χ0n) is 10.4. The van der Waals surface area contributed by atoms with Crippen LogP contribution < -0.4 is 10.9 Å². The predicted molar refractivity (Wildman–Crippen MR) is 65.6 cm³/mol. The van der Waals surface area contributed by atoms with Crippen LogP contribution >= 0.6 is 0 Å². The summed E-state index contributed by atoms with van der Waals surface area (Å²) in [6.45, 7) is 3.58. The Morgan fingerprint density at radius 1 is 1.44 bits per heavy atom. The molecule has 2 heterocycles. The van der Waals surface area contributed by atoms with Crippen LogP contribution in [0.5, 0.6) is 0 Å². The zero-order valence-corrected chi connectivity index (χ0v) is 10.4. The minimum absolute atomic E-state index is 0.242. The largest absolute Gasteiger partial charge is 0.338 e.